The number of hydrogen-bond donors (Lipinski definition) is 0. The van der Waals surface area contributed by atoms with Gasteiger partial charge in [-0.25, -0.2) is 13.2 Å². The lowest BCUT2D eigenvalue weighted by atomic mass is 9.91. The number of fused-ring (bicyclic) bond motifs is 2. The Morgan fingerprint density at radius 3 is 2.55 bits per heavy atom. The standard InChI is InChI=1S/C15H16F3NO/c1-19-11-3-9(4-12(19)8-20-7-11)2-10-5-13(16)15(18)14(17)6-10/h3,5-6,11-12H,2,4,7-8H2,1H3. The third kappa shape index (κ3) is 2.47. The molecular formula is C15H16F3NO. The molecule has 0 N–H and O–H groups in total. The zero-order chi connectivity index (χ0) is 14.3. The molecule has 1 aromatic carbocycles. The van der Waals surface area contributed by atoms with Crippen LogP contribution in [0.5, 0.6) is 0 Å². The van der Waals surface area contributed by atoms with Gasteiger partial charge < -0.3 is 4.74 Å². The predicted octanol–water partition coefficient (Wildman–Crippen LogP) is 2.68. The van der Waals surface area contributed by atoms with Gasteiger partial charge in [0.1, 0.15) is 0 Å². The second kappa shape index (κ2) is 5.22. The second-order valence-corrected chi connectivity index (χ2v) is 5.50. The van der Waals surface area contributed by atoms with Crippen LogP contribution in [-0.4, -0.2) is 37.2 Å². The van der Waals surface area contributed by atoms with Gasteiger partial charge in [0.2, 0.25) is 0 Å². The van der Waals surface area contributed by atoms with E-state index in [-0.39, 0.29) is 6.04 Å². The van der Waals surface area contributed by atoms with E-state index in [9.17, 15) is 13.2 Å². The highest BCUT2D eigenvalue weighted by Gasteiger charge is 2.31. The Morgan fingerprint density at radius 1 is 1.20 bits per heavy atom. The molecule has 1 fully saturated rings. The maximum atomic E-state index is 13.2. The molecule has 1 aromatic rings. The molecule has 2 atom stereocenters. The molecule has 2 heterocycles. The van der Waals surface area contributed by atoms with Crippen LogP contribution >= 0.6 is 0 Å². The fraction of sp³-hybridized carbons (Fsp3) is 0.467. The third-order valence-electron chi connectivity index (χ3n) is 4.10. The quantitative estimate of drug-likeness (QED) is 0.611. The van der Waals surface area contributed by atoms with Crippen molar-refractivity contribution >= 4 is 0 Å². The Balaban J connectivity index is 1.82. The number of halogens is 3. The number of nitrogens with zero attached hydrogens (tertiary/aromatic N) is 1. The number of rotatable bonds is 2. The van der Waals surface area contributed by atoms with Crippen LogP contribution in [0.4, 0.5) is 13.2 Å². The highest BCUT2D eigenvalue weighted by molar-refractivity contribution is 5.27. The van der Waals surface area contributed by atoms with Crippen LogP contribution in [0.2, 0.25) is 0 Å². The molecule has 2 nitrogen and oxygen atoms in total. The fourth-order valence-electron chi connectivity index (χ4n) is 2.95. The van der Waals surface area contributed by atoms with Crippen LogP contribution in [0.15, 0.2) is 23.8 Å². The van der Waals surface area contributed by atoms with Crippen LogP contribution in [-0.2, 0) is 11.2 Å². The molecule has 0 radical (unpaired) electrons. The Kier molecular flexibility index (Phi) is 3.56. The smallest absolute Gasteiger partial charge is 0.194 e. The molecule has 0 aliphatic carbocycles. The van der Waals surface area contributed by atoms with Crippen molar-refractivity contribution in [2.24, 2.45) is 0 Å². The molecule has 1 saturated heterocycles. The van der Waals surface area contributed by atoms with E-state index in [1.165, 1.54) is 0 Å². The molecule has 2 aliphatic heterocycles. The largest absolute Gasteiger partial charge is 0.378 e. The number of likely N-dealkylation sites (N-methyl/N-ethyl adjacent to an activating group) is 1. The van der Waals surface area contributed by atoms with Crippen LogP contribution < -0.4 is 0 Å². The minimum absolute atomic E-state index is 0.215. The second-order valence-electron chi connectivity index (χ2n) is 5.50. The van der Waals surface area contributed by atoms with Crippen LogP contribution in [0.1, 0.15) is 12.0 Å². The molecular weight excluding hydrogens is 267 g/mol. The zero-order valence-corrected chi connectivity index (χ0v) is 11.2. The first-order valence-corrected chi connectivity index (χ1v) is 6.67. The first kappa shape index (κ1) is 13.6. The lowest BCUT2D eigenvalue weighted by molar-refractivity contribution is -0.0260. The number of benzene rings is 1. The van der Waals surface area contributed by atoms with Gasteiger partial charge in [0.25, 0.3) is 0 Å². The van der Waals surface area contributed by atoms with E-state index in [1.807, 2.05) is 0 Å². The van der Waals surface area contributed by atoms with Gasteiger partial charge >= 0.3 is 0 Å². The maximum Gasteiger partial charge on any atom is 0.194 e. The summed E-state index contributed by atoms with van der Waals surface area (Å²) >= 11 is 0. The Bertz CT molecular complexity index is 535. The molecule has 2 aliphatic rings. The molecule has 0 saturated carbocycles. The monoisotopic (exact) mass is 283 g/mol. The fourth-order valence-corrected chi connectivity index (χ4v) is 2.95. The van der Waals surface area contributed by atoms with E-state index in [0.717, 1.165) is 24.1 Å². The van der Waals surface area contributed by atoms with Crippen molar-refractivity contribution in [3.63, 3.8) is 0 Å². The lowest BCUT2D eigenvalue weighted by Crippen LogP contribution is -2.51. The summed E-state index contributed by atoms with van der Waals surface area (Å²) in [4.78, 5) is 2.26. The van der Waals surface area contributed by atoms with Gasteiger partial charge in [0.15, 0.2) is 17.5 Å². The molecule has 5 heteroatoms. The minimum atomic E-state index is -1.41. The summed E-state index contributed by atoms with van der Waals surface area (Å²) in [5.74, 6) is -3.66. The number of ether oxygens (including phenoxy) is 1. The van der Waals surface area contributed by atoms with Crippen molar-refractivity contribution in [1.82, 2.24) is 4.90 Å². The van der Waals surface area contributed by atoms with Crippen LogP contribution in [0.25, 0.3) is 0 Å². The summed E-state index contributed by atoms with van der Waals surface area (Å²) in [5, 5.41) is 0. The summed E-state index contributed by atoms with van der Waals surface area (Å²) in [6.45, 7) is 1.32. The molecule has 0 aromatic heterocycles. The van der Waals surface area contributed by atoms with Crippen molar-refractivity contribution in [3.8, 4) is 0 Å². The summed E-state index contributed by atoms with van der Waals surface area (Å²) in [5.41, 5.74) is 1.60. The van der Waals surface area contributed by atoms with Gasteiger partial charge in [-0.2, -0.15) is 0 Å². The van der Waals surface area contributed by atoms with Crippen molar-refractivity contribution in [2.45, 2.75) is 24.9 Å². The SMILES string of the molecule is CN1C2C=C(Cc3cc(F)c(F)c(F)c3)CC1COC2. The van der Waals surface area contributed by atoms with E-state index < -0.39 is 17.5 Å². The van der Waals surface area contributed by atoms with Gasteiger partial charge in [-0.05, 0) is 37.6 Å². The van der Waals surface area contributed by atoms with Crippen LogP contribution in [0, 0.1) is 17.5 Å². The normalized spacial score (nSPS) is 26.5. The predicted molar refractivity (Wildman–Crippen MR) is 68.9 cm³/mol. The van der Waals surface area contributed by atoms with E-state index in [1.54, 1.807) is 0 Å². The average molecular weight is 283 g/mol. The Morgan fingerprint density at radius 2 is 1.90 bits per heavy atom. The van der Waals surface area contributed by atoms with E-state index >= 15 is 0 Å². The molecule has 108 valence electrons. The van der Waals surface area contributed by atoms with Gasteiger partial charge in [0, 0.05) is 6.04 Å². The van der Waals surface area contributed by atoms with E-state index in [2.05, 4.69) is 18.0 Å². The first-order chi connectivity index (χ1) is 9.54. The van der Waals surface area contributed by atoms with E-state index in [0.29, 0.717) is 31.2 Å². The summed E-state index contributed by atoms with van der Waals surface area (Å²) in [6.07, 6.45) is 3.36. The van der Waals surface area contributed by atoms with Crippen molar-refractivity contribution in [3.05, 3.63) is 46.8 Å². The molecule has 20 heavy (non-hydrogen) atoms. The summed E-state index contributed by atoms with van der Waals surface area (Å²) in [6, 6.07) is 2.67. The Labute approximate surface area is 115 Å². The van der Waals surface area contributed by atoms with Gasteiger partial charge in [-0.15, -0.1) is 0 Å². The summed E-state index contributed by atoms with van der Waals surface area (Å²) < 4.78 is 44.9. The van der Waals surface area contributed by atoms with Gasteiger partial charge in [-0.1, -0.05) is 11.6 Å². The molecule has 0 spiro atoms. The average Bonchev–Trinajstić information content (AvgIpc) is 2.37. The number of hydrogen-bond acceptors (Lipinski definition) is 2. The highest BCUT2D eigenvalue weighted by atomic mass is 19.2. The molecule has 2 bridgehead atoms. The molecule has 0 amide bonds. The third-order valence-corrected chi connectivity index (χ3v) is 4.10. The van der Waals surface area contributed by atoms with Crippen LogP contribution in [0.3, 0.4) is 0 Å². The van der Waals surface area contributed by atoms with Crippen molar-refractivity contribution in [1.29, 1.82) is 0 Å². The summed E-state index contributed by atoms with van der Waals surface area (Å²) in [7, 11) is 2.06. The maximum absolute atomic E-state index is 13.2. The highest BCUT2D eigenvalue weighted by Crippen LogP contribution is 2.28. The topological polar surface area (TPSA) is 12.5 Å². The minimum Gasteiger partial charge on any atom is -0.378 e. The van der Waals surface area contributed by atoms with E-state index in [4.69, 9.17) is 4.74 Å². The number of morpholine rings is 1. The Hall–Kier alpha value is -1.33. The zero-order valence-electron chi connectivity index (χ0n) is 11.2. The van der Waals surface area contributed by atoms with Gasteiger partial charge in [-0.3, -0.25) is 4.90 Å². The lowest BCUT2D eigenvalue weighted by Gasteiger charge is -2.42. The van der Waals surface area contributed by atoms with Crippen molar-refractivity contribution in [2.75, 3.05) is 20.3 Å². The van der Waals surface area contributed by atoms with Gasteiger partial charge in [0.05, 0.1) is 19.3 Å². The van der Waals surface area contributed by atoms with Crippen molar-refractivity contribution < 1.29 is 17.9 Å². The molecule has 3 rings (SSSR count). The molecule has 2 unspecified atom stereocenters. The first-order valence-electron chi connectivity index (χ1n) is 6.67.